The van der Waals surface area contributed by atoms with Crippen molar-refractivity contribution in [2.24, 2.45) is 0 Å². The van der Waals surface area contributed by atoms with Gasteiger partial charge in [0.25, 0.3) is 0 Å². The number of amides is 1. The van der Waals surface area contributed by atoms with Gasteiger partial charge in [-0.1, -0.05) is 17.7 Å². The zero-order valence-corrected chi connectivity index (χ0v) is 20.8. The summed E-state index contributed by atoms with van der Waals surface area (Å²) < 4.78 is 27.7. The van der Waals surface area contributed by atoms with E-state index in [1.165, 1.54) is 20.5 Å². The molecule has 0 unspecified atom stereocenters. The van der Waals surface area contributed by atoms with Gasteiger partial charge in [-0.3, -0.25) is 4.79 Å². The third-order valence-corrected chi connectivity index (χ3v) is 9.74. The second kappa shape index (κ2) is 9.94. The molecule has 1 saturated heterocycles. The number of nitriles is 1. The monoisotopic (exact) mass is 486 g/mol. The molecule has 1 aliphatic heterocycles. The molecule has 0 atom stereocenters. The van der Waals surface area contributed by atoms with E-state index in [4.69, 9.17) is 0 Å². The normalized spacial score (nSPS) is 17.4. The summed E-state index contributed by atoms with van der Waals surface area (Å²) in [6.45, 7) is 6.35. The highest BCUT2D eigenvalue weighted by Gasteiger charge is 2.30. The van der Waals surface area contributed by atoms with E-state index in [2.05, 4.69) is 16.3 Å². The summed E-state index contributed by atoms with van der Waals surface area (Å²) in [5.41, 5.74) is 3.55. The van der Waals surface area contributed by atoms with Crippen LogP contribution in [0.5, 0.6) is 0 Å². The van der Waals surface area contributed by atoms with E-state index in [1.54, 1.807) is 6.07 Å². The van der Waals surface area contributed by atoms with E-state index in [9.17, 15) is 18.5 Å². The van der Waals surface area contributed by atoms with E-state index in [1.807, 2.05) is 26.0 Å². The van der Waals surface area contributed by atoms with Gasteiger partial charge in [-0.15, -0.1) is 11.3 Å². The molecule has 0 radical (unpaired) electrons. The highest BCUT2D eigenvalue weighted by Crippen LogP contribution is 2.37. The summed E-state index contributed by atoms with van der Waals surface area (Å²) in [7, 11) is -3.52. The van der Waals surface area contributed by atoms with Crippen LogP contribution in [0.15, 0.2) is 23.1 Å². The van der Waals surface area contributed by atoms with Gasteiger partial charge in [0.05, 0.1) is 10.5 Å². The maximum Gasteiger partial charge on any atom is 0.243 e. The summed E-state index contributed by atoms with van der Waals surface area (Å²) in [6, 6.07) is 7.69. The van der Waals surface area contributed by atoms with Gasteiger partial charge in [-0.25, -0.2) is 8.42 Å². The van der Waals surface area contributed by atoms with E-state index < -0.39 is 10.0 Å². The Morgan fingerprint density at radius 3 is 2.58 bits per heavy atom. The van der Waals surface area contributed by atoms with Crippen LogP contribution in [0.2, 0.25) is 0 Å². The minimum Gasteiger partial charge on any atom is -0.317 e. The molecule has 1 amide bonds. The van der Waals surface area contributed by atoms with Crippen molar-refractivity contribution in [2.45, 2.75) is 50.8 Å². The molecule has 2 aliphatic rings. The van der Waals surface area contributed by atoms with Crippen LogP contribution in [0, 0.1) is 25.2 Å². The van der Waals surface area contributed by atoms with Gasteiger partial charge in [-0.2, -0.15) is 9.57 Å². The Hall–Kier alpha value is -2.25. The molecule has 33 heavy (non-hydrogen) atoms. The molecular formula is C24H30N4O3S2. The lowest BCUT2D eigenvalue weighted by Crippen LogP contribution is -2.49. The Balaban J connectivity index is 1.30. The van der Waals surface area contributed by atoms with Crippen molar-refractivity contribution in [2.75, 3.05) is 38.0 Å². The van der Waals surface area contributed by atoms with Crippen molar-refractivity contribution in [3.8, 4) is 6.07 Å². The Kier molecular flexibility index (Phi) is 7.19. The van der Waals surface area contributed by atoms with Crippen molar-refractivity contribution in [1.82, 2.24) is 9.21 Å². The summed E-state index contributed by atoms with van der Waals surface area (Å²) >= 11 is 1.54. The van der Waals surface area contributed by atoms with Crippen molar-refractivity contribution in [1.29, 1.82) is 5.26 Å². The molecule has 2 heterocycles. The molecule has 4 rings (SSSR count). The molecule has 176 valence electrons. The predicted molar refractivity (Wildman–Crippen MR) is 130 cm³/mol. The van der Waals surface area contributed by atoms with Crippen molar-refractivity contribution < 1.29 is 13.2 Å². The lowest BCUT2D eigenvalue weighted by Gasteiger charge is -2.34. The minimum atomic E-state index is -3.52. The van der Waals surface area contributed by atoms with Gasteiger partial charge in [-0.05, 0) is 56.7 Å². The molecule has 1 aromatic carbocycles. The molecule has 1 fully saturated rings. The maximum absolute atomic E-state index is 13.1. The first kappa shape index (κ1) is 23.9. The fourth-order valence-electron chi connectivity index (χ4n) is 4.64. The number of aryl methyl sites for hydroxylation is 3. The van der Waals surface area contributed by atoms with Crippen LogP contribution < -0.4 is 5.32 Å². The van der Waals surface area contributed by atoms with Gasteiger partial charge in [0.15, 0.2) is 0 Å². The minimum absolute atomic E-state index is 0.101. The molecule has 1 aromatic heterocycles. The number of anilines is 1. The quantitative estimate of drug-likeness (QED) is 0.675. The number of rotatable bonds is 6. The molecule has 9 heteroatoms. The van der Waals surface area contributed by atoms with Crippen LogP contribution in [0.25, 0.3) is 0 Å². The van der Waals surface area contributed by atoms with Crippen LogP contribution in [0.1, 0.15) is 46.4 Å². The number of thiophene rings is 1. The van der Waals surface area contributed by atoms with Gasteiger partial charge >= 0.3 is 0 Å². The number of benzene rings is 1. The van der Waals surface area contributed by atoms with Crippen LogP contribution >= 0.6 is 11.3 Å². The number of carbonyl (C=O) groups excluding carboxylic acids is 1. The first-order valence-electron chi connectivity index (χ1n) is 11.4. The Morgan fingerprint density at radius 2 is 1.88 bits per heavy atom. The molecule has 2 aromatic rings. The largest absolute Gasteiger partial charge is 0.317 e. The summed E-state index contributed by atoms with van der Waals surface area (Å²) in [5, 5.41) is 13.2. The van der Waals surface area contributed by atoms with E-state index in [0.29, 0.717) is 54.6 Å². The van der Waals surface area contributed by atoms with Crippen LogP contribution in [-0.2, 0) is 27.7 Å². The predicted octanol–water partition coefficient (Wildman–Crippen LogP) is 3.45. The standard InChI is InChI=1S/C24H30N4O3S2/c1-17-7-8-22(18(2)15-17)33(30,31)28-13-11-27(12-14-28)10-9-23(29)26-24-20(16-25)19-5-3-4-6-21(19)32-24/h7-8,15H,3-6,9-14H2,1-2H3,(H,26,29). The van der Waals surface area contributed by atoms with E-state index in [-0.39, 0.29) is 5.91 Å². The second-order valence-electron chi connectivity index (χ2n) is 8.84. The number of sulfonamides is 1. The fraction of sp³-hybridized carbons (Fsp3) is 0.500. The zero-order chi connectivity index (χ0) is 23.6. The Labute approximate surface area is 200 Å². The highest BCUT2D eigenvalue weighted by atomic mass is 32.2. The summed E-state index contributed by atoms with van der Waals surface area (Å²) in [6.07, 6.45) is 4.45. The highest BCUT2D eigenvalue weighted by molar-refractivity contribution is 7.89. The summed E-state index contributed by atoms with van der Waals surface area (Å²) in [5.74, 6) is -0.101. The van der Waals surface area contributed by atoms with Crippen molar-refractivity contribution >= 4 is 32.3 Å². The van der Waals surface area contributed by atoms with E-state index in [0.717, 1.165) is 42.4 Å². The van der Waals surface area contributed by atoms with Crippen molar-refractivity contribution in [3.05, 3.63) is 45.3 Å². The second-order valence-corrected chi connectivity index (χ2v) is 11.9. The SMILES string of the molecule is Cc1ccc(S(=O)(=O)N2CCN(CCC(=O)Nc3sc4c(c3C#N)CCCC4)CC2)c(C)c1. The number of fused-ring (bicyclic) bond motifs is 1. The van der Waals surface area contributed by atoms with Crippen LogP contribution in [0.3, 0.4) is 0 Å². The number of piperazine rings is 1. The van der Waals surface area contributed by atoms with Crippen LogP contribution in [-0.4, -0.2) is 56.3 Å². The molecule has 0 spiro atoms. The molecule has 7 nitrogen and oxygen atoms in total. The Bertz CT molecular complexity index is 1190. The number of nitrogens with one attached hydrogen (secondary N) is 1. The molecule has 1 aliphatic carbocycles. The Morgan fingerprint density at radius 1 is 1.15 bits per heavy atom. The zero-order valence-electron chi connectivity index (χ0n) is 19.2. The smallest absolute Gasteiger partial charge is 0.243 e. The lowest BCUT2D eigenvalue weighted by atomic mass is 9.96. The molecule has 1 N–H and O–H groups in total. The summed E-state index contributed by atoms with van der Waals surface area (Å²) in [4.78, 5) is 16.3. The third-order valence-electron chi connectivity index (χ3n) is 6.47. The number of hydrogen-bond acceptors (Lipinski definition) is 6. The van der Waals surface area contributed by atoms with Gasteiger partial charge in [0, 0.05) is 44.0 Å². The molecular weight excluding hydrogens is 456 g/mol. The maximum atomic E-state index is 13.1. The van der Waals surface area contributed by atoms with E-state index >= 15 is 0 Å². The first-order chi connectivity index (χ1) is 15.8. The third kappa shape index (κ3) is 5.14. The molecule has 0 bridgehead atoms. The molecule has 0 saturated carbocycles. The number of hydrogen-bond donors (Lipinski definition) is 1. The van der Waals surface area contributed by atoms with Crippen LogP contribution in [0.4, 0.5) is 5.00 Å². The van der Waals surface area contributed by atoms with Gasteiger partial charge in [0.2, 0.25) is 15.9 Å². The van der Waals surface area contributed by atoms with Gasteiger partial charge < -0.3 is 10.2 Å². The number of nitrogens with zero attached hydrogens (tertiary/aromatic N) is 3. The average Bonchev–Trinajstić information content (AvgIpc) is 3.14. The fourth-order valence-corrected chi connectivity index (χ4v) is 7.53. The average molecular weight is 487 g/mol. The first-order valence-corrected chi connectivity index (χ1v) is 13.7. The van der Waals surface area contributed by atoms with Crippen molar-refractivity contribution in [3.63, 3.8) is 0 Å². The lowest BCUT2D eigenvalue weighted by molar-refractivity contribution is -0.116. The topological polar surface area (TPSA) is 93.5 Å². The van der Waals surface area contributed by atoms with Gasteiger partial charge in [0.1, 0.15) is 11.1 Å². The number of carbonyl (C=O) groups is 1.